The van der Waals surface area contributed by atoms with E-state index in [1.165, 1.54) is 12.3 Å². The molecule has 2 atom stereocenters. The number of hydrogen-bond acceptors (Lipinski definition) is 4. The van der Waals surface area contributed by atoms with Crippen LogP contribution in [0.3, 0.4) is 0 Å². The highest BCUT2D eigenvalue weighted by atomic mass is 32.2. The van der Waals surface area contributed by atoms with Crippen molar-refractivity contribution in [3.05, 3.63) is 29.6 Å². The molecule has 0 aliphatic heterocycles. The Morgan fingerprint density at radius 1 is 1.38 bits per heavy atom. The predicted molar refractivity (Wildman–Crippen MR) is 74.9 cm³/mol. The van der Waals surface area contributed by atoms with Crippen molar-refractivity contribution in [2.75, 3.05) is 6.26 Å². The maximum atomic E-state index is 13.6. The maximum absolute atomic E-state index is 13.6. The minimum absolute atomic E-state index is 0.219. The Labute approximate surface area is 122 Å². The molecule has 116 valence electrons. The average molecular weight is 316 g/mol. The first-order valence-corrected chi connectivity index (χ1v) is 8.61. The molecule has 21 heavy (non-hydrogen) atoms. The van der Waals surface area contributed by atoms with Crippen molar-refractivity contribution in [2.45, 2.75) is 37.0 Å². The number of sulfone groups is 1. The minimum atomic E-state index is -3.11. The first-order chi connectivity index (χ1) is 9.77. The van der Waals surface area contributed by atoms with Gasteiger partial charge in [-0.2, -0.15) is 0 Å². The van der Waals surface area contributed by atoms with Crippen molar-refractivity contribution in [1.82, 2.24) is 0 Å². The first kappa shape index (κ1) is 15.8. The van der Waals surface area contributed by atoms with Crippen LogP contribution in [0.4, 0.5) is 4.39 Å². The Morgan fingerprint density at radius 2 is 2.10 bits per heavy atom. The van der Waals surface area contributed by atoms with Gasteiger partial charge < -0.3 is 9.84 Å². The van der Waals surface area contributed by atoms with Crippen molar-refractivity contribution < 1.29 is 27.4 Å². The van der Waals surface area contributed by atoms with Crippen LogP contribution in [0.1, 0.15) is 36.0 Å². The van der Waals surface area contributed by atoms with Crippen LogP contribution < -0.4 is 4.74 Å². The molecular weight excluding hydrogens is 299 g/mol. The third-order valence-corrected chi connectivity index (χ3v) is 5.30. The van der Waals surface area contributed by atoms with Crippen molar-refractivity contribution in [3.63, 3.8) is 0 Å². The van der Waals surface area contributed by atoms with E-state index in [4.69, 9.17) is 9.84 Å². The molecule has 0 heterocycles. The highest BCUT2D eigenvalue weighted by Gasteiger charge is 2.30. The van der Waals surface area contributed by atoms with Crippen molar-refractivity contribution in [1.29, 1.82) is 0 Å². The van der Waals surface area contributed by atoms with E-state index in [0.29, 0.717) is 19.3 Å². The zero-order valence-corrected chi connectivity index (χ0v) is 12.4. The molecule has 1 aliphatic rings. The van der Waals surface area contributed by atoms with Crippen LogP contribution in [-0.4, -0.2) is 37.1 Å². The molecule has 1 aliphatic carbocycles. The quantitative estimate of drug-likeness (QED) is 0.921. The largest absolute Gasteiger partial charge is 0.490 e. The van der Waals surface area contributed by atoms with E-state index in [0.717, 1.165) is 18.6 Å². The van der Waals surface area contributed by atoms with Gasteiger partial charge in [0.2, 0.25) is 0 Å². The average Bonchev–Trinajstić information content (AvgIpc) is 2.37. The Kier molecular flexibility index (Phi) is 4.51. The molecular formula is C14H17FO5S. The summed E-state index contributed by atoms with van der Waals surface area (Å²) in [7, 11) is -3.11. The van der Waals surface area contributed by atoms with Crippen LogP contribution in [0, 0.1) is 5.82 Å². The van der Waals surface area contributed by atoms with Gasteiger partial charge in [0.05, 0.1) is 16.9 Å². The SMILES string of the molecule is CS(=O)(=O)C1CCCC(Oc2ccc(C(=O)O)c(F)c2)C1. The molecule has 2 rings (SSSR count). The molecule has 0 spiro atoms. The fourth-order valence-corrected chi connectivity index (χ4v) is 3.69. The Hall–Kier alpha value is -1.63. The van der Waals surface area contributed by atoms with E-state index in [2.05, 4.69) is 0 Å². The molecule has 1 saturated carbocycles. The van der Waals surface area contributed by atoms with Gasteiger partial charge in [0.25, 0.3) is 0 Å². The number of aromatic carboxylic acids is 1. The molecule has 1 fully saturated rings. The molecule has 0 radical (unpaired) electrons. The summed E-state index contributed by atoms with van der Waals surface area (Å²) in [5.41, 5.74) is -0.417. The Balaban J connectivity index is 2.08. The second-order valence-corrected chi connectivity index (χ2v) is 7.63. The normalized spacial score (nSPS) is 22.8. The van der Waals surface area contributed by atoms with Crippen LogP contribution in [0.25, 0.3) is 0 Å². The van der Waals surface area contributed by atoms with Crippen LogP contribution in [0.15, 0.2) is 18.2 Å². The molecule has 0 saturated heterocycles. The van der Waals surface area contributed by atoms with Crippen molar-refractivity contribution in [2.24, 2.45) is 0 Å². The van der Waals surface area contributed by atoms with Crippen LogP contribution in [0.2, 0.25) is 0 Å². The monoisotopic (exact) mass is 316 g/mol. The topological polar surface area (TPSA) is 80.7 Å². The first-order valence-electron chi connectivity index (χ1n) is 6.65. The highest BCUT2D eigenvalue weighted by molar-refractivity contribution is 7.91. The molecule has 0 amide bonds. The Morgan fingerprint density at radius 3 is 2.67 bits per heavy atom. The van der Waals surface area contributed by atoms with E-state index in [1.54, 1.807) is 0 Å². The number of ether oxygens (including phenoxy) is 1. The number of carboxylic acids is 1. The lowest BCUT2D eigenvalue weighted by Crippen LogP contribution is -2.33. The van der Waals surface area contributed by atoms with Gasteiger partial charge in [-0.15, -0.1) is 0 Å². The van der Waals surface area contributed by atoms with E-state index in [9.17, 15) is 17.6 Å². The molecule has 0 bridgehead atoms. The summed E-state index contributed by atoms with van der Waals surface area (Å²) >= 11 is 0. The molecule has 0 aromatic heterocycles. The molecule has 1 N–H and O–H groups in total. The third-order valence-electron chi connectivity index (χ3n) is 3.66. The van der Waals surface area contributed by atoms with Gasteiger partial charge in [-0.3, -0.25) is 0 Å². The standard InChI is InChI=1S/C14H17FO5S/c1-21(18,19)11-4-2-3-9(7-11)20-10-5-6-12(14(16)17)13(15)8-10/h5-6,8-9,11H,2-4,7H2,1H3,(H,16,17). The van der Waals surface area contributed by atoms with E-state index in [-0.39, 0.29) is 11.9 Å². The number of hydrogen-bond donors (Lipinski definition) is 1. The van der Waals surface area contributed by atoms with Crippen molar-refractivity contribution in [3.8, 4) is 5.75 Å². The summed E-state index contributed by atoms with van der Waals surface area (Å²) in [5.74, 6) is -1.99. The number of benzene rings is 1. The molecule has 5 nitrogen and oxygen atoms in total. The maximum Gasteiger partial charge on any atom is 0.338 e. The summed E-state index contributed by atoms with van der Waals surface area (Å²) in [6, 6.07) is 3.55. The summed E-state index contributed by atoms with van der Waals surface area (Å²) in [6.07, 6.45) is 3.34. The lowest BCUT2D eigenvalue weighted by Gasteiger charge is -2.28. The fraction of sp³-hybridized carbons (Fsp3) is 0.500. The van der Waals surface area contributed by atoms with Gasteiger partial charge in [-0.1, -0.05) is 0 Å². The second kappa shape index (κ2) is 6.01. The molecule has 1 aromatic carbocycles. The van der Waals surface area contributed by atoms with Crippen LogP contribution in [-0.2, 0) is 9.84 Å². The summed E-state index contributed by atoms with van der Waals surface area (Å²) in [4.78, 5) is 10.7. The number of rotatable bonds is 4. The number of carboxylic acid groups (broad SMARTS) is 1. The molecule has 1 aromatic rings. The molecule has 2 unspecified atom stereocenters. The summed E-state index contributed by atoms with van der Waals surface area (Å²) < 4.78 is 42.3. The second-order valence-electron chi connectivity index (χ2n) is 5.30. The van der Waals surface area contributed by atoms with E-state index < -0.39 is 32.4 Å². The van der Waals surface area contributed by atoms with Gasteiger partial charge in [0.15, 0.2) is 0 Å². The van der Waals surface area contributed by atoms with Crippen molar-refractivity contribution >= 4 is 15.8 Å². The van der Waals surface area contributed by atoms with Gasteiger partial charge in [-0.25, -0.2) is 17.6 Å². The molecule has 7 heteroatoms. The van der Waals surface area contributed by atoms with E-state index in [1.807, 2.05) is 0 Å². The number of carbonyl (C=O) groups is 1. The minimum Gasteiger partial charge on any atom is -0.490 e. The van der Waals surface area contributed by atoms with E-state index >= 15 is 0 Å². The highest BCUT2D eigenvalue weighted by Crippen LogP contribution is 2.28. The smallest absolute Gasteiger partial charge is 0.338 e. The number of halogens is 1. The van der Waals surface area contributed by atoms with Crippen LogP contribution >= 0.6 is 0 Å². The Bertz CT molecular complexity index is 641. The predicted octanol–water partition coefficient (Wildman–Crippen LogP) is 2.26. The summed E-state index contributed by atoms with van der Waals surface area (Å²) in [5, 5.41) is 8.32. The van der Waals surface area contributed by atoms with Gasteiger partial charge in [-0.05, 0) is 31.4 Å². The fourth-order valence-electron chi connectivity index (χ4n) is 2.53. The summed E-state index contributed by atoms with van der Waals surface area (Å²) in [6.45, 7) is 0. The van der Waals surface area contributed by atoms with Gasteiger partial charge in [0.1, 0.15) is 21.4 Å². The zero-order chi connectivity index (χ0) is 15.6. The van der Waals surface area contributed by atoms with Gasteiger partial charge >= 0.3 is 5.97 Å². The zero-order valence-electron chi connectivity index (χ0n) is 11.6. The van der Waals surface area contributed by atoms with Crippen LogP contribution in [0.5, 0.6) is 5.75 Å². The lowest BCUT2D eigenvalue weighted by atomic mass is 9.97. The lowest BCUT2D eigenvalue weighted by molar-refractivity contribution is 0.0691. The third kappa shape index (κ3) is 3.93. The van der Waals surface area contributed by atoms with Gasteiger partial charge in [0, 0.05) is 18.7 Å².